The minimum absolute atomic E-state index is 0.335. The summed E-state index contributed by atoms with van der Waals surface area (Å²) in [5.41, 5.74) is 0.635. The molecule has 0 N–H and O–H groups in total. The first kappa shape index (κ1) is 11.9. The van der Waals surface area contributed by atoms with E-state index in [0.29, 0.717) is 28.6 Å². The Labute approximate surface area is 101 Å². The zero-order valence-electron chi connectivity index (χ0n) is 9.11. The van der Waals surface area contributed by atoms with Gasteiger partial charge in [0.15, 0.2) is 0 Å². The summed E-state index contributed by atoms with van der Waals surface area (Å²) in [5.74, 6) is 0. The van der Waals surface area contributed by atoms with Crippen LogP contribution in [0.5, 0.6) is 0 Å². The highest BCUT2D eigenvalue weighted by Gasteiger charge is 2.28. The van der Waals surface area contributed by atoms with Crippen molar-refractivity contribution in [1.29, 1.82) is 0 Å². The Morgan fingerprint density at radius 2 is 1.88 bits per heavy atom. The molecule has 0 aromatic heterocycles. The minimum atomic E-state index is -3.34. The van der Waals surface area contributed by atoms with E-state index in [-0.39, 0.29) is 0 Å². The number of rotatable bonds is 2. The molecule has 5 heteroatoms. The van der Waals surface area contributed by atoms with Crippen LogP contribution < -0.4 is 0 Å². The maximum absolute atomic E-state index is 12.3. The Morgan fingerprint density at radius 3 is 2.50 bits per heavy atom. The summed E-state index contributed by atoms with van der Waals surface area (Å²) in [4.78, 5) is 0.335. The lowest BCUT2D eigenvalue weighted by molar-refractivity contribution is 0.477. The number of sulfonamides is 1. The Balaban J connectivity index is 2.47. The van der Waals surface area contributed by atoms with Crippen LogP contribution in [-0.2, 0) is 10.0 Å². The van der Waals surface area contributed by atoms with Crippen LogP contribution in [0.1, 0.15) is 18.4 Å². The van der Waals surface area contributed by atoms with E-state index in [9.17, 15) is 8.42 Å². The van der Waals surface area contributed by atoms with Gasteiger partial charge in [0.25, 0.3) is 0 Å². The summed E-state index contributed by atoms with van der Waals surface area (Å²) >= 11 is 5.94. The van der Waals surface area contributed by atoms with Crippen LogP contribution in [-0.4, -0.2) is 25.8 Å². The molecule has 1 aliphatic rings. The van der Waals surface area contributed by atoms with Crippen LogP contribution in [0.4, 0.5) is 0 Å². The first-order valence-electron chi connectivity index (χ1n) is 5.29. The lowest BCUT2D eigenvalue weighted by atomic mass is 10.2. The van der Waals surface area contributed by atoms with Gasteiger partial charge in [-0.1, -0.05) is 17.7 Å². The first-order chi connectivity index (χ1) is 7.53. The lowest BCUT2D eigenvalue weighted by Crippen LogP contribution is -2.28. The molecular formula is C11H14ClNO2S. The van der Waals surface area contributed by atoms with Crippen molar-refractivity contribution in [2.75, 3.05) is 13.1 Å². The fourth-order valence-electron chi connectivity index (χ4n) is 1.93. The van der Waals surface area contributed by atoms with Gasteiger partial charge < -0.3 is 0 Å². The van der Waals surface area contributed by atoms with E-state index in [1.54, 1.807) is 25.1 Å². The molecule has 16 heavy (non-hydrogen) atoms. The Kier molecular flexibility index (Phi) is 3.24. The SMILES string of the molecule is Cc1c(Cl)cccc1S(=O)(=O)N1CCCC1. The van der Waals surface area contributed by atoms with Crippen molar-refractivity contribution in [3.8, 4) is 0 Å². The van der Waals surface area contributed by atoms with Crippen molar-refractivity contribution in [3.63, 3.8) is 0 Å². The molecule has 0 spiro atoms. The molecule has 0 amide bonds. The predicted molar refractivity (Wildman–Crippen MR) is 64.2 cm³/mol. The molecule has 0 saturated carbocycles. The highest BCUT2D eigenvalue weighted by Crippen LogP contribution is 2.27. The maximum Gasteiger partial charge on any atom is 0.243 e. The quantitative estimate of drug-likeness (QED) is 0.818. The molecule has 88 valence electrons. The van der Waals surface area contributed by atoms with Gasteiger partial charge in [0.05, 0.1) is 4.90 Å². The summed E-state index contributed by atoms with van der Waals surface area (Å²) in [7, 11) is -3.34. The van der Waals surface area contributed by atoms with Gasteiger partial charge in [-0.15, -0.1) is 0 Å². The number of hydrogen-bond acceptors (Lipinski definition) is 2. The standard InChI is InChI=1S/C11H14ClNO2S/c1-9-10(12)5-4-6-11(9)16(14,15)13-7-2-3-8-13/h4-6H,2-3,7-8H2,1H3. The monoisotopic (exact) mass is 259 g/mol. The zero-order chi connectivity index (χ0) is 11.8. The molecule has 1 aromatic rings. The summed E-state index contributed by atoms with van der Waals surface area (Å²) in [6.07, 6.45) is 1.89. The molecule has 2 rings (SSSR count). The lowest BCUT2D eigenvalue weighted by Gasteiger charge is -2.17. The van der Waals surface area contributed by atoms with Crippen LogP contribution in [0.3, 0.4) is 0 Å². The van der Waals surface area contributed by atoms with Gasteiger partial charge in [0.1, 0.15) is 0 Å². The van der Waals surface area contributed by atoms with Crippen LogP contribution in [0.2, 0.25) is 5.02 Å². The van der Waals surface area contributed by atoms with E-state index >= 15 is 0 Å². The van der Waals surface area contributed by atoms with Gasteiger partial charge in [0.2, 0.25) is 10.0 Å². The second-order valence-electron chi connectivity index (χ2n) is 3.97. The average Bonchev–Trinajstić information content (AvgIpc) is 2.75. The molecule has 1 aromatic carbocycles. The maximum atomic E-state index is 12.3. The Morgan fingerprint density at radius 1 is 1.25 bits per heavy atom. The van der Waals surface area contributed by atoms with Crippen molar-refractivity contribution in [1.82, 2.24) is 4.31 Å². The zero-order valence-corrected chi connectivity index (χ0v) is 10.7. The van der Waals surface area contributed by atoms with Gasteiger partial charge >= 0.3 is 0 Å². The van der Waals surface area contributed by atoms with Gasteiger partial charge in [-0.3, -0.25) is 0 Å². The smallest absolute Gasteiger partial charge is 0.207 e. The topological polar surface area (TPSA) is 37.4 Å². The first-order valence-corrected chi connectivity index (χ1v) is 7.10. The predicted octanol–water partition coefficient (Wildman–Crippen LogP) is 2.43. The van der Waals surface area contributed by atoms with E-state index in [2.05, 4.69) is 0 Å². The van der Waals surface area contributed by atoms with Crippen molar-refractivity contribution in [2.24, 2.45) is 0 Å². The van der Waals surface area contributed by atoms with Gasteiger partial charge in [0, 0.05) is 18.1 Å². The van der Waals surface area contributed by atoms with Gasteiger partial charge in [-0.05, 0) is 37.5 Å². The number of hydrogen-bond donors (Lipinski definition) is 0. The van der Waals surface area contributed by atoms with Crippen LogP contribution in [0.15, 0.2) is 23.1 Å². The summed E-state index contributed by atoms with van der Waals surface area (Å²) in [6.45, 7) is 2.98. The molecule has 1 fully saturated rings. The second kappa shape index (κ2) is 4.35. The molecule has 0 unspecified atom stereocenters. The highest BCUT2D eigenvalue weighted by molar-refractivity contribution is 7.89. The van der Waals surface area contributed by atoms with Crippen LogP contribution in [0, 0.1) is 6.92 Å². The van der Waals surface area contributed by atoms with E-state index in [1.807, 2.05) is 0 Å². The third-order valence-corrected chi connectivity index (χ3v) is 5.35. The molecule has 3 nitrogen and oxygen atoms in total. The molecule has 0 bridgehead atoms. The minimum Gasteiger partial charge on any atom is -0.207 e. The molecule has 0 atom stereocenters. The average molecular weight is 260 g/mol. The molecule has 1 aliphatic heterocycles. The Hall–Kier alpha value is -0.580. The van der Waals surface area contributed by atoms with E-state index in [0.717, 1.165) is 12.8 Å². The van der Waals surface area contributed by atoms with E-state index < -0.39 is 10.0 Å². The fourth-order valence-corrected chi connectivity index (χ4v) is 3.93. The van der Waals surface area contributed by atoms with Crippen molar-refractivity contribution in [2.45, 2.75) is 24.7 Å². The molecule has 1 heterocycles. The van der Waals surface area contributed by atoms with Gasteiger partial charge in [-0.2, -0.15) is 4.31 Å². The largest absolute Gasteiger partial charge is 0.243 e. The number of benzene rings is 1. The molecular weight excluding hydrogens is 246 g/mol. The third kappa shape index (κ3) is 1.97. The highest BCUT2D eigenvalue weighted by atomic mass is 35.5. The fraction of sp³-hybridized carbons (Fsp3) is 0.455. The van der Waals surface area contributed by atoms with Crippen molar-refractivity contribution in [3.05, 3.63) is 28.8 Å². The molecule has 0 aliphatic carbocycles. The van der Waals surface area contributed by atoms with E-state index in [1.165, 1.54) is 4.31 Å². The van der Waals surface area contributed by atoms with Crippen LogP contribution in [0.25, 0.3) is 0 Å². The second-order valence-corrected chi connectivity index (χ2v) is 6.29. The normalized spacial score (nSPS) is 17.9. The molecule has 1 saturated heterocycles. The molecule has 0 radical (unpaired) electrons. The van der Waals surface area contributed by atoms with Crippen LogP contribution >= 0.6 is 11.6 Å². The summed E-state index contributed by atoms with van der Waals surface area (Å²) in [6, 6.07) is 5.01. The van der Waals surface area contributed by atoms with Crippen molar-refractivity contribution >= 4 is 21.6 Å². The van der Waals surface area contributed by atoms with Gasteiger partial charge in [-0.25, -0.2) is 8.42 Å². The summed E-state index contributed by atoms with van der Waals surface area (Å²) in [5, 5.41) is 0.500. The third-order valence-electron chi connectivity index (χ3n) is 2.90. The van der Waals surface area contributed by atoms with Crippen molar-refractivity contribution < 1.29 is 8.42 Å². The Bertz CT molecular complexity index is 493. The summed E-state index contributed by atoms with van der Waals surface area (Å²) < 4.78 is 26.1. The number of halogens is 1. The number of nitrogens with zero attached hydrogens (tertiary/aromatic N) is 1. The van der Waals surface area contributed by atoms with E-state index in [4.69, 9.17) is 11.6 Å².